The van der Waals surface area contributed by atoms with Crippen molar-refractivity contribution >= 4 is 35.3 Å². The van der Waals surface area contributed by atoms with Gasteiger partial charge in [0, 0.05) is 37.7 Å². The fourth-order valence-corrected chi connectivity index (χ4v) is 5.88. The van der Waals surface area contributed by atoms with Crippen LogP contribution in [0.15, 0.2) is 48.5 Å². The highest BCUT2D eigenvalue weighted by molar-refractivity contribution is 5.99. The Kier molecular flexibility index (Phi) is 12.5. The first-order chi connectivity index (χ1) is 23.8. The number of benzene rings is 3. The van der Waals surface area contributed by atoms with Crippen LogP contribution in [0.4, 0.5) is 16.2 Å². The fraction of sp³-hybridized carbons (Fsp3) is 0.405. The molecule has 0 aliphatic carbocycles. The summed E-state index contributed by atoms with van der Waals surface area (Å²) in [7, 11) is 0. The van der Waals surface area contributed by atoms with E-state index in [-0.39, 0.29) is 18.2 Å². The molecule has 3 amide bonds. The molecular formula is C37H44N4O9. The van der Waals surface area contributed by atoms with Gasteiger partial charge in [-0.3, -0.25) is 29.8 Å². The third-order valence-electron chi connectivity index (χ3n) is 8.59. The molecule has 0 bridgehead atoms. The lowest BCUT2D eigenvalue weighted by Crippen LogP contribution is -2.45. The van der Waals surface area contributed by atoms with Gasteiger partial charge >= 0.3 is 12.1 Å². The highest BCUT2D eigenvalue weighted by Gasteiger charge is 2.36. The van der Waals surface area contributed by atoms with Gasteiger partial charge in [0.15, 0.2) is 6.23 Å². The number of alkyl carbamates (subject to hydrolysis) is 1. The average molecular weight is 689 g/mol. The molecule has 13 heteroatoms. The van der Waals surface area contributed by atoms with E-state index in [1.54, 1.807) is 36.9 Å². The summed E-state index contributed by atoms with van der Waals surface area (Å²) >= 11 is 0. The Bertz CT molecular complexity index is 1760. The number of fused-ring (bicyclic) bond motifs is 1. The lowest BCUT2D eigenvalue weighted by Gasteiger charge is -2.37. The maximum Gasteiger partial charge on any atom is 0.410 e. The molecule has 266 valence electrons. The third kappa shape index (κ3) is 9.36. The van der Waals surface area contributed by atoms with E-state index < -0.39 is 35.2 Å². The molecule has 0 aromatic heterocycles. The van der Waals surface area contributed by atoms with Crippen LogP contribution in [0.5, 0.6) is 11.5 Å². The molecule has 2 unspecified atom stereocenters. The zero-order valence-corrected chi connectivity index (χ0v) is 29.3. The first-order valence-electron chi connectivity index (χ1n) is 16.6. The number of carbonyl (C=O) groups is 4. The van der Waals surface area contributed by atoms with Crippen LogP contribution in [0.1, 0.15) is 85.9 Å². The Hall–Kier alpha value is -5.46. The number of hydrogen-bond acceptors (Lipinski definition) is 9. The van der Waals surface area contributed by atoms with Crippen molar-refractivity contribution in [2.75, 3.05) is 11.9 Å². The number of hydrogen-bond donors (Lipinski definition) is 2. The maximum atomic E-state index is 14.2. The summed E-state index contributed by atoms with van der Waals surface area (Å²) in [4.78, 5) is 63.9. The van der Waals surface area contributed by atoms with E-state index in [1.165, 1.54) is 31.2 Å². The minimum Gasteiger partial charge on any atom is -0.471 e. The normalized spacial score (nSPS) is 14.2. The summed E-state index contributed by atoms with van der Waals surface area (Å²) in [6.07, 6.45) is 1.86. The van der Waals surface area contributed by atoms with Gasteiger partial charge < -0.3 is 24.4 Å². The second kappa shape index (κ2) is 16.8. The molecule has 4 rings (SSSR count). The van der Waals surface area contributed by atoms with Gasteiger partial charge in [0.05, 0.1) is 4.92 Å². The smallest absolute Gasteiger partial charge is 0.410 e. The van der Waals surface area contributed by atoms with Crippen molar-refractivity contribution in [3.05, 3.63) is 92.0 Å². The maximum absolute atomic E-state index is 14.2. The first-order valence-corrected chi connectivity index (χ1v) is 16.6. The van der Waals surface area contributed by atoms with E-state index in [4.69, 9.17) is 14.2 Å². The molecule has 0 saturated heterocycles. The van der Waals surface area contributed by atoms with E-state index in [9.17, 15) is 29.3 Å². The summed E-state index contributed by atoms with van der Waals surface area (Å²) in [5.41, 5.74) is 4.70. The first kappa shape index (κ1) is 37.4. The molecule has 1 aliphatic rings. The number of anilines is 1. The van der Waals surface area contributed by atoms with Crippen LogP contribution in [0.25, 0.3) is 0 Å². The number of nitro groups is 1. The summed E-state index contributed by atoms with van der Waals surface area (Å²) < 4.78 is 16.7. The van der Waals surface area contributed by atoms with E-state index in [2.05, 4.69) is 17.6 Å². The van der Waals surface area contributed by atoms with Gasteiger partial charge in [0.2, 0.25) is 5.91 Å². The molecule has 1 heterocycles. The number of non-ortho nitro benzene ring substituents is 1. The fourth-order valence-electron chi connectivity index (χ4n) is 5.88. The number of nitro benzene ring substituents is 1. The minimum atomic E-state index is -0.945. The lowest BCUT2D eigenvalue weighted by atomic mass is 9.91. The number of unbranched alkanes of at least 4 members (excludes halogenated alkanes) is 2. The second-order valence-electron chi connectivity index (χ2n) is 12.4. The van der Waals surface area contributed by atoms with Crippen molar-refractivity contribution in [2.24, 2.45) is 0 Å². The van der Waals surface area contributed by atoms with Gasteiger partial charge in [0.25, 0.3) is 11.6 Å². The van der Waals surface area contributed by atoms with Crippen molar-refractivity contribution in [3.8, 4) is 11.5 Å². The van der Waals surface area contributed by atoms with Gasteiger partial charge in [-0.15, -0.1) is 0 Å². The molecule has 3 aromatic carbocycles. The summed E-state index contributed by atoms with van der Waals surface area (Å²) in [6.45, 7) is 10.7. The van der Waals surface area contributed by atoms with Crippen molar-refractivity contribution < 1.29 is 38.3 Å². The Morgan fingerprint density at radius 3 is 2.40 bits per heavy atom. The molecule has 0 spiro atoms. The summed E-state index contributed by atoms with van der Waals surface area (Å²) in [5, 5.41) is 16.5. The highest BCUT2D eigenvalue weighted by Crippen LogP contribution is 2.37. The standard InChI is InChI=1S/C37H44N4O9/c1-7-8-9-10-33(43)40-18-17-28-13-16-30(49-25(5)38-37(45)48-21-27-11-14-29(15-12-27)41(46)47)20-31(28)34(40)36(44)39-32-19-22(2)35(50-26(6)42)24(4)23(32)3/h11-16,19-20,25,34H,7-10,17-18,21H2,1-6H3,(H,38,45)(H,39,44). The van der Waals surface area contributed by atoms with Crippen molar-refractivity contribution in [2.45, 2.75) is 92.5 Å². The topological polar surface area (TPSA) is 166 Å². The molecule has 50 heavy (non-hydrogen) atoms. The number of aryl methyl sites for hydroxylation is 1. The Balaban J connectivity index is 1.53. The van der Waals surface area contributed by atoms with Gasteiger partial charge in [-0.2, -0.15) is 0 Å². The molecule has 0 radical (unpaired) electrons. The Morgan fingerprint density at radius 1 is 1.02 bits per heavy atom. The van der Waals surface area contributed by atoms with Crippen LogP contribution in [0.3, 0.4) is 0 Å². The van der Waals surface area contributed by atoms with Crippen LogP contribution in [-0.4, -0.2) is 46.5 Å². The average Bonchev–Trinajstić information content (AvgIpc) is 3.07. The van der Waals surface area contributed by atoms with Crippen molar-refractivity contribution in [1.29, 1.82) is 0 Å². The van der Waals surface area contributed by atoms with Crippen LogP contribution >= 0.6 is 0 Å². The number of nitrogens with one attached hydrogen (secondary N) is 2. The third-order valence-corrected chi connectivity index (χ3v) is 8.59. The van der Waals surface area contributed by atoms with E-state index in [0.717, 1.165) is 36.0 Å². The summed E-state index contributed by atoms with van der Waals surface area (Å²) in [6, 6.07) is 11.8. The van der Waals surface area contributed by atoms with Crippen LogP contribution in [0.2, 0.25) is 0 Å². The summed E-state index contributed by atoms with van der Waals surface area (Å²) in [5.74, 6) is -0.127. The minimum absolute atomic E-state index is 0.0656. The number of nitrogens with zero attached hydrogens (tertiary/aromatic N) is 2. The van der Waals surface area contributed by atoms with Crippen LogP contribution in [0, 0.1) is 30.9 Å². The molecule has 0 saturated carbocycles. The molecule has 13 nitrogen and oxygen atoms in total. The highest BCUT2D eigenvalue weighted by atomic mass is 16.6. The van der Waals surface area contributed by atoms with Crippen LogP contribution < -0.4 is 20.1 Å². The van der Waals surface area contributed by atoms with Crippen molar-refractivity contribution in [1.82, 2.24) is 10.2 Å². The lowest BCUT2D eigenvalue weighted by molar-refractivity contribution is -0.384. The zero-order valence-electron chi connectivity index (χ0n) is 29.3. The molecule has 2 N–H and O–H groups in total. The quantitative estimate of drug-likeness (QED) is 0.0494. The van der Waals surface area contributed by atoms with Gasteiger partial charge in [0.1, 0.15) is 24.1 Å². The number of esters is 1. The molecular weight excluding hydrogens is 644 g/mol. The SMILES string of the molecule is CCCCCC(=O)N1CCc2ccc(OC(C)NC(=O)OCc3ccc([N+](=O)[O-])cc3)cc2C1C(=O)Nc1cc(C)c(OC(C)=O)c(C)c1C. The molecule has 2 atom stereocenters. The van der Waals surface area contributed by atoms with Crippen LogP contribution in [-0.2, 0) is 32.1 Å². The molecule has 1 aliphatic heterocycles. The number of rotatable bonds is 13. The second-order valence-corrected chi connectivity index (χ2v) is 12.4. The molecule has 0 fully saturated rings. The van der Waals surface area contributed by atoms with Crippen molar-refractivity contribution in [3.63, 3.8) is 0 Å². The Morgan fingerprint density at radius 2 is 1.74 bits per heavy atom. The van der Waals surface area contributed by atoms with Gasteiger partial charge in [-0.25, -0.2) is 4.79 Å². The predicted octanol–water partition coefficient (Wildman–Crippen LogP) is 6.74. The Labute approximate surface area is 291 Å². The van der Waals surface area contributed by atoms with E-state index in [0.29, 0.717) is 53.3 Å². The largest absolute Gasteiger partial charge is 0.471 e. The number of carbonyl (C=O) groups excluding carboxylic acids is 4. The predicted molar refractivity (Wildman–Crippen MR) is 186 cm³/mol. The zero-order chi connectivity index (χ0) is 36.5. The molecule has 3 aromatic rings. The number of amides is 3. The van der Waals surface area contributed by atoms with Gasteiger partial charge in [-0.05, 0) is 104 Å². The van der Waals surface area contributed by atoms with Gasteiger partial charge in [-0.1, -0.05) is 25.8 Å². The monoisotopic (exact) mass is 688 g/mol. The van der Waals surface area contributed by atoms with E-state index >= 15 is 0 Å². The van der Waals surface area contributed by atoms with E-state index in [1.807, 2.05) is 19.9 Å². The number of ether oxygens (including phenoxy) is 3.